The van der Waals surface area contributed by atoms with E-state index in [0.717, 1.165) is 31.5 Å². The predicted octanol–water partition coefficient (Wildman–Crippen LogP) is 3.21. The molecule has 1 unspecified atom stereocenters. The Kier molecular flexibility index (Phi) is 4.11. The molecule has 0 spiro atoms. The van der Waals surface area contributed by atoms with Gasteiger partial charge in [0.1, 0.15) is 5.82 Å². The van der Waals surface area contributed by atoms with Gasteiger partial charge in [-0.25, -0.2) is 4.39 Å². The smallest absolute Gasteiger partial charge is 0.123 e. The molecule has 0 amide bonds. The summed E-state index contributed by atoms with van der Waals surface area (Å²) >= 11 is 1.84. The first-order valence-corrected chi connectivity index (χ1v) is 8.23. The minimum absolute atomic E-state index is 0.132. The minimum atomic E-state index is -0.175. The zero-order valence-corrected chi connectivity index (χ0v) is 13.1. The van der Waals surface area contributed by atoms with E-state index in [1.165, 1.54) is 16.5 Å². The summed E-state index contributed by atoms with van der Waals surface area (Å²) in [7, 11) is 0. The Morgan fingerprint density at radius 3 is 3.00 bits per heavy atom. The van der Waals surface area contributed by atoms with Crippen molar-refractivity contribution in [3.63, 3.8) is 0 Å². The third-order valence-corrected chi connectivity index (χ3v) is 5.51. The van der Waals surface area contributed by atoms with E-state index in [1.807, 2.05) is 17.4 Å². The molecule has 1 aliphatic rings. The van der Waals surface area contributed by atoms with Gasteiger partial charge < -0.3 is 5.73 Å². The number of nitrogens with zero attached hydrogens (tertiary/aromatic N) is 1. The average molecular weight is 304 g/mol. The zero-order chi connectivity index (χ0) is 14.9. The van der Waals surface area contributed by atoms with Crippen molar-refractivity contribution in [3.8, 4) is 0 Å². The first-order valence-electron chi connectivity index (χ1n) is 7.35. The van der Waals surface area contributed by atoms with Crippen LogP contribution in [-0.4, -0.2) is 23.5 Å². The molecule has 1 aliphatic heterocycles. The van der Waals surface area contributed by atoms with E-state index >= 15 is 0 Å². The second-order valence-electron chi connectivity index (χ2n) is 6.05. The van der Waals surface area contributed by atoms with E-state index in [9.17, 15) is 4.39 Å². The fourth-order valence-corrected chi connectivity index (χ4v) is 4.00. The maximum Gasteiger partial charge on any atom is 0.123 e. The van der Waals surface area contributed by atoms with Crippen LogP contribution in [0.3, 0.4) is 0 Å². The van der Waals surface area contributed by atoms with E-state index in [4.69, 9.17) is 5.73 Å². The molecule has 0 saturated carbocycles. The number of fused-ring (bicyclic) bond motifs is 1. The van der Waals surface area contributed by atoms with Gasteiger partial charge in [0.15, 0.2) is 0 Å². The van der Waals surface area contributed by atoms with Gasteiger partial charge in [0, 0.05) is 30.1 Å². The summed E-state index contributed by atoms with van der Waals surface area (Å²) in [6.07, 6.45) is 1.87. The Balaban J connectivity index is 1.80. The molecular weight excluding hydrogens is 283 g/mol. The summed E-state index contributed by atoms with van der Waals surface area (Å²) in [6.45, 7) is 4.73. The van der Waals surface area contributed by atoms with Crippen molar-refractivity contribution >= 4 is 11.3 Å². The number of hydrogen-bond donors (Lipinski definition) is 1. The van der Waals surface area contributed by atoms with Gasteiger partial charge in [0.05, 0.1) is 0 Å². The maximum atomic E-state index is 13.4. The van der Waals surface area contributed by atoms with Gasteiger partial charge in [-0.1, -0.05) is 12.1 Å². The van der Waals surface area contributed by atoms with Crippen LogP contribution < -0.4 is 5.73 Å². The van der Waals surface area contributed by atoms with Crippen molar-refractivity contribution in [2.24, 2.45) is 5.73 Å². The van der Waals surface area contributed by atoms with E-state index in [0.29, 0.717) is 6.54 Å². The Labute approximate surface area is 129 Å². The van der Waals surface area contributed by atoms with E-state index < -0.39 is 0 Å². The summed E-state index contributed by atoms with van der Waals surface area (Å²) in [4.78, 5) is 3.95. The van der Waals surface area contributed by atoms with Gasteiger partial charge in [-0.2, -0.15) is 0 Å². The number of benzene rings is 1. The third-order valence-electron chi connectivity index (χ3n) is 4.48. The van der Waals surface area contributed by atoms with Gasteiger partial charge in [-0.15, -0.1) is 11.3 Å². The van der Waals surface area contributed by atoms with Gasteiger partial charge in [0.2, 0.25) is 0 Å². The topological polar surface area (TPSA) is 29.3 Å². The molecule has 1 atom stereocenters. The molecule has 21 heavy (non-hydrogen) atoms. The molecule has 4 heteroatoms. The zero-order valence-electron chi connectivity index (χ0n) is 12.3. The highest BCUT2D eigenvalue weighted by Crippen LogP contribution is 2.30. The van der Waals surface area contributed by atoms with Crippen LogP contribution in [0.15, 0.2) is 35.7 Å². The van der Waals surface area contributed by atoms with E-state index in [2.05, 4.69) is 23.3 Å². The summed E-state index contributed by atoms with van der Waals surface area (Å²) in [5.74, 6) is -0.175. The van der Waals surface area contributed by atoms with Crippen LogP contribution in [0, 0.1) is 5.82 Å². The molecule has 2 nitrogen and oxygen atoms in total. The summed E-state index contributed by atoms with van der Waals surface area (Å²) < 4.78 is 13.4. The van der Waals surface area contributed by atoms with Gasteiger partial charge >= 0.3 is 0 Å². The van der Waals surface area contributed by atoms with E-state index in [-0.39, 0.29) is 11.4 Å². The molecule has 112 valence electrons. The van der Waals surface area contributed by atoms with Gasteiger partial charge in [-0.3, -0.25) is 4.90 Å². The van der Waals surface area contributed by atoms with Crippen LogP contribution in [-0.2, 0) is 19.4 Å². The molecule has 2 aromatic rings. The predicted molar refractivity (Wildman–Crippen MR) is 86.0 cm³/mol. The largest absolute Gasteiger partial charge is 0.329 e. The first-order chi connectivity index (χ1) is 10.1. The second-order valence-corrected chi connectivity index (χ2v) is 7.05. The maximum absolute atomic E-state index is 13.4. The lowest BCUT2D eigenvalue weighted by Gasteiger charge is -2.43. The molecular formula is C17H21FN2S. The standard InChI is InChI=1S/C17H21FN2S/c1-17(12-19,10-13-3-2-4-15(18)9-13)20-7-5-16-14(11-20)6-8-21-16/h2-4,6,8-9H,5,7,10-12,19H2,1H3. The number of thiophene rings is 1. The summed E-state index contributed by atoms with van der Waals surface area (Å²) in [5, 5.41) is 2.17. The van der Waals surface area contributed by atoms with Crippen LogP contribution in [0.25, 0.3) is 0 Å². The fourth-order valence-electron chi connectivity index (χ4n) is 3.11. The highest BCUT2D eigenvalue weighted by atomic mass is 32.1. The van der Waals surface area contributed by atoms with Crippen LogP contribution in [0.5, 0.6) is 0 Å². The Morgan fingerprint density at radius 1 is 1.38 bits per heavy atom. The quantitative estimate of drug-likeness (QED) is 0.940. The highest BCUT2D eigenvalue weighted by Gasteiger charge is 2.33. The molecule has 0 radical (unpaired) electrons. The van der Waals surface area contributed by atoms with Crippen molar-refractivity contribution < 1.29 is 4.39 Å². The van der Waals surface area contributed by atoms with Crippen LogP contribution in [0.1, 0.15) is 22.9 Å². The van der Waals surface area contributed by atoms with Crippen molar-refractivity contribution in [1.29, 1.82) is 0 Å². The van der Waals surface area contributed by atoms with Crippen LogP contribution >= 0.6 is 11.3 Å². The Bertz CT molecular complexity index is 625. The van der Waals surface area contributed by atoms with Crippen molar-refractivity contribution in [3.05, 3.63) is 57.5 Å². The van der Waals surface area contributed by atoms with Gasteiger partial charge in [0.25, 0.3) is 0 Å². The summed E-state index contributed by atoms with van der Waals surface area (Å²) in [6, 6.07) is 9.08. The number of halogens is 1. The third kappa shape index (κ3) is 3.03. The average Bonchev–Trinajstić information content (AvgIpc) is 2.94. The van der Waals surface area contributed by atoms with Crippen molar-refractivity contribution in [2.45, 2.75) is 31.8 Å². The number of rotatable bonds is 4. The summed E-state index contributed by atoms with van der Waals surface area (Å²) in [5.41, 5.74) is 8.39. The van der Waals surface area contributed by atoms with E-state index in [1.54, 1.807) is 12.1 Å². The molecule has 0 bridgehead atoms. The molecule has 0 fully saturated rings. The second kappa shape index (κ2) is 5.87. The first kappa shape index (κ1) is 14.7. The minimum Gasteiger partial charge on any atom is -0.329 e. The Hall–Kier alpha value is -1.23. The molecule has 2 N–H and O–H groups in total. The molecule has 0 saturated heterocycles. The van der Waals surface area contributed by atoms with Crippen LogP contribution in [0.4, 0.5) is 4.39 Å². The molecule has 1 aromatic heterocycles. The lowest BCUT2D eigenvalue weighted by Crippen LogP contribution is -2.54. The monoisotopic (exact) mass is 304 g/mol. The molecule has 3 rings (SSSR count). The molecule has 1 aromatic carbocycles. The lowest BCUT2D eigenvalue weighted by atomic mass is 9.89. The van der Waals surface area contributed by atoms with Gasteiger partial charge in [-0.05, 0) is 54.5 Å². The van der Waals surface area contributed by atoms with Crippen molar-refractivity contribution in [2.75, 3.05) is 13.1 Å². The van der Waals surface area contributed by atoms with Crippen LogP contribution in [0.2, 0.25) is 0 Å². The number of nitrogens with two attached hydrogens (primary N) is 1. The number of hydrogen-bond acceptors (Lipinski definition) is 3. The van der Waals surface area contributed by atoms with Crippen molar-refractivity contribution in [1.82, 2.24) is 4.90 Å². The normalized spacial score (nSPS) is 18.2. The molecule has 0 aliphatic carbocycles. The lowest BCUT2D eigenvalue weighted by molar-refractivity contribution is 0.0956. The SMILES string of the molecule is CC(CN)(Cc1cccc(F)c1)N1CCc2sccc2C1. The molecule has 2 heterocycles. The fraction of sp³-hybridized carbons (Fsp3) is 0.412. The Morgan fingerprint density at radius 2 is 2.24 bits per heavy atom. The highest BCUT2D eigenvalue weighted by molar-refractivity contribution is 7.10.